The molecule has 0 bridgehead atoms. The quantitative estimate of drug-likeness (QED) is 0.780. The summed E-state index contributed by atoms with van der Waals surface area (Å²) in [5.41, 5.74) is 0. The summed E-state index contributed by atoms with van der Waals surface area (Å²) in [7, 11) is 0. The second kappa shape index (κ2) is 8.22. The summed E-state index contributed by atoms with van der Waals surface area (Å²) in [5.74, 6) is 0.243. The van der Waals surface area contributed by atoms with Gasteiger partial charge in [0.25, 0.3) is 0 Å². The third kappa shape index (κ3) is 5.91. The summed E-state index contributed by atoms with van der Waals surface area (Å²) >= 11 is 5.78. The Bertz CT molecular complexity index is 445. The van der Waals surface area contributed by atoms with Gasteiger partial charge in [-0.1, -0.05) is 11.6 Å². The molecule has 21 heavy (non-hydrogen) atoms. The van der Waals surface area contributed by atoms with Crippen molar-refractivity contribution in [2.45, 2.75) is 13.0 Å². The van der Waals surface area contributed by atoms with Crippen LogP contribution in [0.3, 0.4) is 0 Å². The topological polar surface area (TPSA) is 49.2 Å². The van der Waals surface area contributed by atoms with E-state index < -0.39 is 0 Å². The molecule has 0 radical (unpaired) electrons. The number of carbonyl (C=O) groups is 1. The van der Waals surface area contributed by atoms with Gasteiger partial charge in [-0.25, -0.2) is 4.79 Å². The fourth-order valence-corrected chi connectivity index (χ4v) is 2.37. The molecule has 1 aliphatic rings. The highest BCUT2D eigenvalue weighted by Crippen LogP contribution is 2.15. The number of carbonyl (C=O) groups excluding carboxylic acids is 1. The van der Waals surface area contributed by atoms with Crippen LogP contribution in [0.5, 0.6) is 5.75 Å². The molecule has 0 spiro atoms. The summed E-state index contributed by atoms with van der Waals surface area (Å²) in [6, 6.07) is 6.87. The van der Waals surface area contributed by atoms with E-state index in [2.05, 4.69) is 0 Å². The van der Waals surface area contributed by atoms with Gasteiger partial charge in [0.05, 0.1) is 13.2 Å². The Labute approximate surface area is 129 Å². The van der Waals surface area contributed by atoms with E-state index in [0.717, 1.165) is 32.8 Å². The Morgan fingerprint density at radius 1 is 1.33 bits per heavy atom. The average molecular weight is 315 g/mol. The summed E-state index contributed by atoms with van der Waals surface area (Å²) in [6.07, 6.45) is -0.126. The van der Waals surface area contributed by atoms with Crippen LogP contribution in [0.15, 0.2) is 24.3 Å². The van der Waals surface area contributed by atoms with E-state index in [1.54, 1.807) is 24.3 Å². The maximum Gasteiger partial charge on any atom is 0.344 e. The summed E-state index contributed by atoms with van der Waals surface area (Å²) in [5, 5.41) is 0.632. The first kappa shape index (κ1) is 16.1. The number of hydrogen-bond acceptors (Lipinski definition) is 4. The second-order valence-corrected chi connectivity index (χ2v) is 5.55. The number of hydrogen-bond donors (Lipinski definition) is 1. The Hall–Kier alpha value is -1.30. The molecule has 6 heteroatoms. The molecule has 5 nitrogen and oxygen atoms in total. The highest BCUT2D eigenvalue weighted by Gasteiger charge is 2.19. The van der Waals surface area contributed by atoms with Gasteiger partial charge in [-0.05, 0) is 31.2 Å². The molecule has 0 aromatic heterocycles. The molecule has 0 amide bonds. The van der Waals surface area contributed by atoms with E-state index in [0.29, 0.717) is 10.8 Å². The van der Waals surface area contributed by atoms with Crippen molar-refractivity contribution in [2.24, 2.45) is 0 Å². The SMILES string of the molecule is CC(C[NH+]1CCOCC1)OC(=O)COc1ccc(Cl)cc1. The van der Waals surface area contributed by atoms with Crippen molar-refractivity contribution in [3.8, 4) is 5.75 Å². The predicted molar refractivity (Wildman–Crippen MR) is 78.9 cm³/mol. The molecule has 0 aliphatic carbocycles. The van der Waals surface area contributed by atoms with Crippen LogP contribution in [-0.2, 0) is 14.3 Å². The standard InChI is InChI=1S/C15H20ClNO4/c1-12(10-17-6-8-19-9-7-17)21-15(18)11-20-14-4-2-13(16)3-5-14/h2-5,12H,6-11H2,1H3/p+1. The van der Waals surface area contributed by atoms with E-state index in [1.165, 1.54) is 4.90 Å². The molecule has 1 saturated heterocycles. The lowest BCUT2D eigenvalue weighted by Crippen LogP contribution is -3.15. The second-order valence-electron chi connectivity index (χ2n) is 5.11. The number of morpholine rings is 1. The van der Waals surface area contributed by atoms with Gasteiger partial charge >= 0.3 is 5.97 Å². The summed E-state index contributed by atoms with van der Waals surface area (Å²) in [4.78, 5) is 13.1. The van der Waals surface area contributed by atoms with Crippen molar-refractivity contribution < 1.29 is 23.9 Å². The highest BCUT2D eigenvalue weighted by atomic mass is 35.5. The largest absolute Gasteiger partial charge is 0.482 e. The maximum atomic E-state index is 11.7. The monoisotopic (exact) mass is 314 g/mol. The van der Waals surface area contributed by atoms with Crippen LogP contribution in [0.2, 0.25) is 5.02 Å². The van der Waals surface area contributed by atoms with E-state index >= 15 is 0 Å². The Morgan fingerprint density at radius 2 is 2.00 bits per heavy atom. The summed E-state index contributed by atoms with van der Waals surface area (Å²) < 4.78 is 16.0. The molecule has 2 rings (SSSR count). The lowest BCUT2D eigenvalue weighted by atomic mass is 10.3. The van der Waals surface area contributed by atoms with E-state index in [9.17, 15) is 4.79 Å². The van der Waals surface area contributed by atoms with Crippen LogP contribution < -0.4 is 9.64 Å². The van der Waals surface area contributed by atoms with Gasteiger partial charge in [0.15, 0.2) is 6.61 Å². The molecule has 1 heterocycles. The molecule has 116 valence electrons. The lowest BCUT2D eigenvalue weighted by Gasteiger charge is -2.26. The van der Waals surface area contributed by atoms with Crippen LogP contribution in [0.25, 0.3) is 0 Å². The van der Waals surface area contributed by atoms with Gasteiger partial charge in [0.2, 0.25) is 0 Å². The number of halogens is 1. The number of rotatable bonds is 6. The fraction of sp³-hybridized carbons (Fsp3) is 0.533. The van der Waals surface area contributed by atoms with Crippen molar-refractivity contribution >= 4 is 17.6 Å². The van der Waals surface area contributed by atoms with E-state index in [-0.39, 0.29) is 18.7 Å². The van der Waals surface area contributed by atoms with Crippen LogP contribution in [-0.4, -0.2) is 51.5 Å². The van der Waals surface area contributed by atoms with Crippen LogP contribution >= 0.6 is 11.6 Å². The number of esters is 1. The number of quaternary nitrogens is 1. The number of ether oxygens (including phenoxy) is 3. The smallest absolute Gasteiger partial charge is 0.344 e. The van der Waals surface area contributed by atoms with Crippen LogP contribution in [0.1, 0.15) is 6.92 Å². The molecule has 1 aliphatic heterocycles. The molecular formula is C15H21ClNO4+. The first-order valence-corrected chi connectivity index (χ1v) is 7.50. The predicted octanol–water partition coefficient (Wildman–Crippen LogP) is 0.566. The minimum atomic E-state index is -0.356. The molecular weight excluding hydrogens is 294 g/mol. The first-order valence-electron chi connectivity index (χ1n) is 7.12. The maximum absolute atomic E-state index is 11.7. The Kier molecular flexibility index (Phi) is 6.29. The molecule has 0 saturated carbocycles. The van der Waals surface area contributed by atoms with Gasteiger partial charge in [-0.2, -0.15) is 0 Å². The van der Waals surface area contributed by atoms with Crippen molar-refractivity contribution in [1.82, 2.24) is 0 Å². The zero-order chi connectivity index (χ0) is 15.1. The highest BCUT2D eigenvalue weighted by molar-refractivity contribution is 6.30. The van der Waals surface area contributed by atoms with Gasteiger partial charge in [-0.3, -0.25) is 0 Å². The zero-order valence-corrected chi connectivity index (χ0v) is 12.9. The lowest BCUT2D eigenvalue weighted by molar-refractivity contribution is -0.910. The van der Waals surface area contributed by atoms with Crippen molar-refractivity contribution in [1.29, 1.82) is 0 Å². The average Bonchev–Trinajstić information content (AvgIpc) is 2.47. The van der Waals surface area contributed by atoms with Gasteiger partial charge in [0.1, 0.15) is 31.5 Å². The Balaban J connectivity index is 1.67. The third-order valence-electron chi connectivity index (χ3n) is 3.28. The molecule has 1 unspecified atom stereocenters. The number of benzene rings is 1. The third-order valence-corrected chi connectivity index (χ3v) is 3.53. The van der Waals surface area contributed by atoms with Gasteiger partial charge in [0, 0.05) is 5.02 Å². The van der Waals surface area contributed by atoms with Crippen molar-refractivity contribution in [3.63, 3.8) is 0 Å². The first-order chi connectivity index (χ1) is 10.1. The fourth-order valence-electron chi connectivity index (χ4n) is 2.24. The van der Waals surface area contributed by atoms with E-state index in [4.69, 9.17) is 25.8 Å². The molecule has 1 aromatic rings. The molecule has 1 atom stereocenters. The number of nitrogens with one attached hydrogen (secondary N) is 1. The molecule has 1 fully saturated rings. The minimum absolute atomic E-state index is 0.0928. The molecule has 1 aromatic carbocycles. The zero-order valence-electron chi connectivity index (χ0n) is 12.1. The Morgan fingerprint density at radius 3 is 2.67 bits per heavy atom. The minimum Gasteiger partial charge on any atom is -0.482 e. The van der Waals surface area contributed by atoms with Crippen LogP contribution in [0.4, 0.5) is 0 Å². The van der Waals surface area contributed by atoms with Gasteiger partial charge < -0.3 is 19.1 Å². The van der Waals surface area contributed by atoms with E-state index in [1.807, 2.05) is 6.92 Å². The van der Waals surface area contributed by atoms with Gasteiger partial charge in [-0.15, -0.1) is 0 Å². The summed E-state index contributed by atoms with van der Waals surface area (Å²) in [6.45, 7) is 6.08. The van der Waals surface area contributed by atoms with Crippen molar-refractivity contribution in [2.75, 3.05) is 39.5 Å². The molecule has 1 N–H and O–H groups in total. The van der Waals surface area contributed by atoms with Crippen molar-refractivity contribution in [3.05, 3.63) is 29.3 Å². The normalized spacial score (nSPS) is 17.2. The van der Waals surface area contributed by atoms with Crippen LogP contribution in [0, 0.1) is 0 Å².